The highest BCUT2D eigenvalue weighted by Gasteiger charge is 2.21. The SMILES string of the molecule is COc1cc(CCCN2CC(C)CC(C)C2)cc(N)c1OC. The summed E-state index contributed by atoms with van der Waals surface area (Å²) < 4.78 is 10.7. The largest absolute Gasteiger partial charge is 0.493 e. The molecule has 1 aliphatic rings. The normalized spacial score (nSPS) is 22.5. The lowest BCUT2D eigenvalue weighted by molar-refractivity contribution is 0.140. The lowest BCUT2D eigenvalue weighted by Crippen LogP contribution is -2.39. The number of nitrogen functional groups attached to an aromatic ring is 1. The summed E-state index contributed by atoms with van der Waals surface area (Å²) in [6.45, 7) is 8.34. The Morgan fingerprint density at radius 3 is 2.41 bits per heavy atom. The van der Waals surface area contributed by atoms with E-state index in [4.69, 9.17) is 15.2 Å². The van der Waals surface area contributed by atoms with Crippen LogP contribution in [0.3, 0.4) is 0 Å². The van der Waals surface area contributed by atoms with Gasteiger partial charge in [0.2, 0.25) is 0 Å². The zero-order chi connectivity index (χ0) is 16.1. The Bertz CT molecular complexity index is 480. The summed E-state index contributed by atoms with van der Waals surface area (Å²) in [6.07, 6.45) is 3.53. The number of hydrogen-bond acceptors (Lipinski definition) is 4. The summed E-state index contributed by atoms with van der Waals surface area (Å²) in [7, 11) is 3.27. The quantitative estimate of drug-likeness (QED) is 0.820. The number of nitrogens with two attached hydrogens (primary N) is 1. The molecular weight excluding hydrogens is 276 g/mol. The van der Waals surface area contributed by atoms with Crippen LogP contribution in [0.4, 0.5) is 5.69 Å². The minimum absolute atomic E-state index is 0.630. The number of benzene rings is 1. The second-order valence-corrected chi connectivity index (χ2v) is 6.73. The Morgan fingerprint density at radius 1 is 1.14 bits per heavy atom. The Morgan fingerprint density at radius 2 is 1.82 bits per heavy atom. The molecule has 2 rings (SSSR count). The maximum absolute atomic E-state index is 6.04. The highest BCUT2D eigenvalue weighted by Crippen LogP contribution is 2.34. The molecule has 1 heterocycles. The summed E-state index contributed by atoms with van der Waals surface area (Å²) in [4.78, 5) is 2.60. The van der Waals surface area contributed by atoms with Crippen LogP contribution in [-0.2, 0) is 6.42 Å². The molecule has 22 heavy (non-hydrogen) atoms. The van der Waals surface area contributed by atoms with Gasteiger partial charge in [-0.15, -0.1) is 0 Å². The molecule has 1 aromatic carbocycles. The van der Waals surface area contributed by atoms with Gasteiger partial charge in [-0.05, 0) is 55.3 Å². The van der Waals surface area contributed by atoms with Crippen LogP contribution >= 0.6 is 0 Å². The number of likely N-dealkylation sites (tertiary alicyclic amines) is 1. The Balaban J connectivity index is 1.90. The number of hydrogen-bond donors (Lipinski definition) is 1. The van der Waals surface area contributed by atoms with E-state index < -0.39 is 0 Å². The number of aryl methyl sites for hydroxylation is 1. The third-order valence-corrected chi connectivity index (χ3v) is 4.45. The molecule has 2 N–H and O–H groups in total. The van der Waals surface area contributed by atoms with Crippen molar-refractivity contribution in [2.24, 2.45) is 11.8 Å². The number of piperidine rings is 1. The molecule has 0 radical (unpaired) electrons. The molecule has 1 fully saturated rings. The van der Waals surface area contributed by atoms with Gasteiger partial charge in [0, 0.05) is 13.1 Å². The van der Waals surface area contributed by atoms with Gasteiger partial charge in [0.25, 0.3) is 0 Å². The van der Waals surface area contributed by atoms with Gasteiger partial charge in [-0.25, -0.2) is 0 Å². The first-order valence-electron chi connectivity index (χ1n) is 8.26. The van der Waals surface area contributed by atoms with Crippen LogP contribution in [0.2, 0.25) is 0 Å². The van der Waals surface area contributed by atoms with Crippen LogP contribution in [0.15, 0.2) is 12.1 Å². The summed E-state index contributed by atoms with van der Waals surface area (Å²) >= 11 is 0. The standard InChI is InChI=1S/C18H30N2O2/c1-13-8-14(2)12-20(11-13)7-5-6-15-9-16(19)18(22-4)17(10-15)21-3/h9-10,13-14H,5-8,11-12,19H2,1-4H3. The van der Waals surface area contributed by atoms with Gasteiger partial charge in [0.15, 0.2) is 11.5 Å². The van der Waals surface area contributed by atoms with Gasteiger partial charge < -0.3 is 20.1 Å². The van der Waals surface area contributed by atoms with Crippen molar-refractivity contribution in [3.8, 4) is 11.5 Å². The van der Waals surface area contributed by atoms with Gasteiger partial charge in [-0.3, -0.25) is 0 Å². The summed E-state index contributed by atoms with van der Waals surface area (Å²) in [5.74, 6) is 2.99. The Kier molecular flexibility index (Phi) is 5.95. The molecule has 1 aromatic rings. The average Bonchev–Trinajstić information content (AvgIpc) is 2.45. The second kappa shape index (κ2) is 7.73. The van der Waals surface area contributed by atoms with Crippen LogP contribution < -0.4 is 15.2 Å². The number of methoxy groups -OCH3 is 2. The zero-order valence-electron chi connectivity index (χ0n) is 14.4. The Labute approximate surface area is 134 Å². The molecule has 0 aliphatic carbocycles. The Hall–Kier alpha value is -1.42. The second-order valence-electron chi connectivity index (χ2n) is 6.73. The van der Waals surface area contributed by atoms with Crippen LogP contribution in [0.5, 0.6) is 11.5 Å². The van der Waals surface area contributed by atoms with Gasteiger partial charge in [-0.1, -0.05) is 13.8 Å². The number of nitrogens with zero attached hydrogens (tertiary/aromatic N) is 1. The van der Waals surface area contributed by atoms with Gasteiger partial charge in [-0.2, -0.15) is 0 Å². The third-order valence-electron chi connectivity index (χ3n) is 4.45. The van der Waals surface area contributed by atoms with Crippen molar-refractivity contribution in [1.29, 1.82) is 0 Å². The molecule has 2 atom stereocenters. The topological polar surface area (TPSA) is 47.7 Å². The first kappa shape index (κ1) is 16.9. The van der Waals surface area contributed by atoms with E-state index in [1.54, 1.807) is 14.2 Å². The van der Waals surface area contributed by atoms with E-state index in [-0.39, 0.29) is 0 Å². The highest BCUT2D eigenvalue weighted by atomic mass is 16.5. The summed E-state index contributed by atoms with van der Waals surface area (Å²) in [5, 5.41) is 0. The van der Waals surface area contributed by atoms with E-state index in [0.717, 1.165) is 37.0 Å². The van der Waals surface area contributed by atoms with Crippen molar-refractivity contribution in [1.82, 2.24) is 4.90 Å². The van der Waals surface area contributed by atoms with Crippen molar-refractivity contribution in [2.45, 2.75) is 33.1 Å². The molecule has 0 saturated carbocycles. The zero-order valence-corrected chi connectivity index (χ0v) is 14.4. The van der Waals surface area contributed by atoms with E-state index >= 15 is 0 Å². The van der Waals surface area contributed by atoms with Crippen LogP contribution in [0, 0.1) is 11.8 Å². The summed E-state index contributed by atoms with van der Waals surface area (Å²) in [6, 6.07) is 4.04. The van der Waals surface area contributed by atoms with Gasteiger partial charge in [0.1, 0.15) is 0 Å². The van der Waals surface area contributed by atoms with E-state index in [2.05, 4.69) is 18.7 Å². The van der Waals surface area contributed by atoms with Crippen molar-refractivity contribution >= 4 is 5.69 Å². The minimum Gasteiger partial charge on any atom is -0.493 e. The molecule has 4 heteroatoms. The lowest BCUT2D eigenvalue weighted by atomic mass is 9.92. The fourth-order valence-corrected chi connectivity index (χ4v) is 3.68. The molecule has 0 aromatic heterocycles. The maximum Gasteiger partial charge on any atom is 0.183 e. The smallest absolute Gasteiger partial charge is 0.183 e. The van der Waals surface area contributed by atoms with E-state index in [9.17, 15) is 0 Å². The number of rotatable bonds is 6. The van der Waals surface area contributed by atoms with Crippen molar-refractivity contribution in [2.75, 3.05) is 39.6 Å². The van der Waals surface area contributed by atoms with Crippen molar-refractivity contribution < 1.29 is 9.47 Å². The predicted octanol–water partition coefficient (Wildman–Crippen LogP) is 3.20. The van der Waals surface area contributed by atoms with Crippen LogP contribution in [0.1, 0.15) is 32.3 Å². The maximum atomic E-state index is 6.04. The van der Waals surface area contributed by atoms with Crippen LogP contribution in [-0.4, -0.2) is 38.8 Å². The van der Waals surface area contributed by atoms with E-state index in [1.807, 2.05) is 12.1 Å². The molecule has 1 saturated heterocycles. The summed E-state index contributed by atoms with van der Waals surface area (Å²) in [5.41, 5.74) is 7.91. The van der Waals surface area contributed by atoms with E-state index in [0.29, 0.717) is 11.4 Å². The van der Waals surface area contributed by atoms with Crippen molar-refractivity contribution in [3.63, 3.8) is 0 Å². The predicted molar refractivity (Wildman–Crippen MR) is 91.7 cm³/mol. The first-order valence-corrected chi connectivity index (χ1v) is 8.26. The van der Waals surface area contributed by atoms with E-state index in [1.165, 1.54) is 25.1 Å². The third kappa shape index (κ3) is 4.29. The highest BCUT2D eigenvalue weighted by molar-refractivity contribution is 5.62. The molecule has 124 valence electrons. The molecule has 0 spiro atoms. The molecule has 0 amide bonds. The fraction of sp³-hybridized carbons (Fsp3) is 0.667. The van der Waals surface area contributed by atoms with Crippen molar-refractivity contribution in [3.05, 3.63) is 17.7 Å². The lowest BCUT2D eigenvalue weighted by Gasteiger charge is -2.35. The average molecular weight is 306 g/mol. The first-order chi connectivity index (χ1) is 10.5. The van der Waals surface area contributed by atoms with Gasteiger partial charge >= 0.3 is 0 Å². The van der Waals surface area contributed by atoms with Gasteiger partial charge in [0.05, 0.1) is 19.9 Å². The van der Waals surface area contributed by atoms with Crippen LogP contribution in [0.25, 0.3) is 0 Å². The number of ether oxygens (including phenoxy) is 2. The molecule has 1 aliphatic heterocycles. The number of anilines is 1. The molecular formula is C18H30N2O2. The fourth-order valence-electron chi connectivity index (χ4n) is 3.68. The molecule has 4 nitrogen and oxygen atoms in total. The molecule has 2 unspecified atom stereocenters. The molecule has 0 bridgehead atoms. The monoisotopic (exact) mass is 306 g/mol. The minimum atomic E-state index is 0.630.